The minimum atomic E-state index is -3.89. The summed E-state index contributed by atoms with van der Waals surface area (Å²) in [7, 11) is -3.89. The molecule has 3 fully saturated rings. The van der Waals surface area contributed by atoms with Crippen LogP contribution in [0.5, 0.6) is 5.75 Å². The summed E-state index contributed by atoms with van der Waals surface area (Å²) < 4.78 is 46.7. The number of hydrogen-bond acceptors (Lipinski definition) is 8. The van der Waals surface area contributed by atoms with Crippen LogP contribution in [0.25, 0.3) is 10.9 Å². The SMILES string of the molecule is CCCCOc1ccc(S(=O)(=O)c2cnc3ccc([S+](C)[O-])cc3c2N2CCC(N3CCC(N4CCCCC4)CC3)CC2)cc1. The quantitative estimate of drug-likeness (QED) is 0.198. The number of likely N-dealkylation sites (tertiary alicyclic amines) is 2. The highest BCUT2D eigenvalue weighted by Gasteiger charge is 2.33. The molecular formula is C35H48N4O4S2. The lowest BCUT2D eigenvalue weighted by atomic mass is 9.95. The second-order valence-corrected chi connectivity index (χ2v) is 16.2. The monoisotopic (exact) mass is 652 g/mol. The van der Waals surface area contributed by atoms with Crippen molar-refractivity contribution in [3.05, 3.63) is 48.7 Å². The van der Waals surface area contributed by atoms with Gasteiger partial charge in [0, 0.05) is 42.8 Å². The normalized spacial score (nSPS) is 20.5. The average Bonchev–Trinajstić information content (AvgIpc) is 3.08. The van der Waals surface area contributed by atoms with Gasteiger partial charge in [0.2, 0.25) is 9.84 Å². The van der Waals surface area contributed by atoms with Crippen LogP contribution in [0.1, 0.15) is 64.7 Å². The summed E-state index contributed by atoms with van der Waals surface area (Å²) in [4.78, 5) is 13.3. The van der Waals surface area contributed by atoms with Crippen molar-refractivity contribution in [3.8, 4) is 5.75 Å². The van der Waals surface area contributed by atoms with Gasteiger partial charge < -0.3 is 24.0 Å². The van der Waals surface area contributed by atoms with E-state index in [0.717, 1.165) is 63.3 Å². The molecule has 0 aliphatic carbocycles. The van der Waals surface area contributed by atoms with Gasteiger partial charge >= 0.3 is 0 Å². The number of rotatable bonds is 10. The summed E-state index contributed by atoms with van der Waals surface area (Å²) in [6.07, 6.45) is 13.7. The topological polar surface area (TPSA) is 89.0 Å². The van der Waals surface area contributed by atoms with Crippen molar-refractivity contribution in [2.45, 2.75) is 91.5 Å². The molecule has 6 rings (SSSR count). The van der Waals surface area contributed by atoms with Gasteiger partial charge in [0.15, 0.2) is 4.90 Å². The van der Waals surface area contributed by atoms with Crippen LogP contribution in [0.4, 0.5) is 5.69 Å². The molecule has 0 radical (unpaired) electrons. The van der Waals surface area contributed by atoms with E-state index >= 15 is 0 Å². The highest BCUT2D eigenvalue weighted by atomic mass is 32.2. The summed E-state index contributed by atoms with van der Waals surface area (Å²) in [6, 6.07) is 13.5. The van der Waals surface area contributed by atoms with Crippen molar-refractivity contribution >= 4 is 37.6 Å². The number of nitrogens with zero attached hydrogens (tertiary/aromatic N) is 4. The first-order chi connectivity index (χ1) is 21.8. The van der Waals surface area contributed by atoms with Gasteiger partial charge in [-0.25, -0.2) is 8.42 Å². The number of fused-ring (bicyclic) bond motifs is 1. The molecular weight excluding hydrogens is 605 g/mol. The maximum absolute atomic E-state index is 14.2. The maximum Gasteiger partial charge on any atom is 0.210 e. The lowest BCUT2D eigenvalue weighted by molar-refractivity contribution is 0.0654. The molecule has 1 atom stereocenters. The molecule has 0 saturated carbocycles. The maximum atomic E-state index is 14.2. The third-order valence-electron chi connectivity index (χ3n) is 10.0. The highest BCUT2D eigenvalue weighted by molar-refractivity contribution is 7.91. The zero-order valence-electron chi connectivity index (χ0n) is 26.8. The summed E-state index contributed by atoms with van der Waals surface area (Å²) in [5.74, 6) is 0.663. The number of unbranched alkanes of at least 4 members (excludes halogenated alkanes) is 1. The molecule has 2 aromatic carbocycles. The van der Waals surface area contributed by atoms with Crippen LogP contribution in [-0.2, 0) is 21.0 Å². The molecule has 3 saturated heterocycles. The third kappa shape index (κ3) is 7.30. The predicted octanol–water partition coefficient (Wildman–Crippen LogP) is 5.90. The van der Waals surface area contributed by atoms with E-state index in [0.29, 0.717) is 34.5 Å². The van der Waals surface area contributed by atoms with E-state index in [4.69, 9.17) is 4.74 Å². The standard InChI is InChI=1S/C35H48N4O4S2/c1-3-4-24-43-29-8-11-31(12-9-29)45(41,42)34-26-36-33-13-10-30(44(2)40)25-32(33)35(34)39-22-16-28(17-23-39)38-20-14-27(15-21-38)37-18-6-5-7-19-37/h8-13,25-28H,3-7,14-24H2,1-2H3. The van der Waals surface area contributed by atoms with Gasteiger partial charge in [-0.05, 0) is 119 Å². The first-order valence-corrected chi connectivity index (χ1v) is 19.9. The zero-order valence-corrected chi connectivity index (χ0v) is 28.5. The van der Waals surface area contributed by atoms with E-state index in [1.807, 2.05) is 18.2 Å². The molecule has 1 unspecified atom stereocenters. The van der Waals surface area contributed by atoms with E-state index < -0.39 is 21.0 Å². The Labute approximate surface area is 272 Å². The number of benzene rings is 2. The number of aromatic nitrogens is 1. The van der Waals surface area contributed by atoms with E-state index in [-0.39, 0.29) is 9.79 Å². The predicted molar refractivity (Wildman–Crippen MR) is 182 cm³/mol. The minimum Gasteiger partial charge on any atom is -0.612 e. The van der Waals surface area contributed by atoms with Crippen molar-refractivity contribution in [1.29, 1.82) is 0 Å². The van der Waals surface area contributed by atoms with E-state index in [1.54, 1.807) is 30.5 Å². The summed E-state index contributed by atoms with van der Waals surface area (Å²) in [5, 5.41) is 0.740. The van der Waals surface area contributed by atoms with Gasteiger partial charge in [0.05, 0.1) is 22.7 Å². The van der Waals surface area contributed by atoms with Crippen molar-refractivity contribution in [2.24, 2.45) is 0 Å². The Morgan fingerprint density at radius 1 is 0.889 bits per heavy atom. The molecule has 10 heteroatoms. The fourth-order valence-electron chi connectivity index (χ4n) is 7.37. The van der Waals surface area contributed by atoms with Gasteiger partial charge in [0.1, 0.15) is 16.9 Å². The Morgan fingerprint density at radius 3 is 2.18 bits per heavy atom. The van der Waals surface area contributed by atoms with Gasteiger partial charge in [-0.2, -0.15) is 0 Å². The second-order valence-electron chi connectivity index (χ2n) is 12.9. The number of pyridine rings is 1. The Morgan fingerprint density at radius 2 is 1.53 bits per heavy atom. The molecule has 0 spiro atoms. The minimum absolute atomic E-state index is 0.203. The second kappa shape index (κ2) is 14.6. The van der Waals surface area contributed by atoms with Crippen LogP contribution in [0.15, 0.2) is 63.3 Å². The van der Waals surface area contributed by atoms with Gasteiger partial charge in [-0.15, -0.1) is 0 Å². The fraction of sp³-hybridized carbons (Fsp3) is 0.571. The molecule has 3 aliphatic heterocycles. The van der Waals surface area contributed by atoms with Gasteiger partial charge in [0.25, 0.3) is 0 Å². The molecule has 45 heavy (non-hydrogen) atoms. The van der Waals surface area contributed by atoms with E-state index in [9.17, 15) is 13.0 Å². The largest absolute Gasteiger partial charge is 0.612 e. The van der Waals surface area contributed by atoms with Crippen molar-refractivity contribution < 1.29 is 17.7 Å². The van der Waals surface area contributed by atoms with Crippen molar-refractivity contribution in [1.82, 2.24) is 14.8 Å². The smallest absolute Gasteiger partial charge is 0.210 e. The van der Waals surface area contributed by atoms with Crippen molar-refractivity contribution in [2.75, 3.05) is 57.0 Å². The number of ether oxygens (including phenoxy) is 1. The third-order valence-corrected chi connectivity index (χ3v) is 12.7. The molecule has 0 amide bonds. The Kier molecular flexibility index (Phi) is 10.6. The molecule has 244 valence electrons. The zero-order chi connectivity index (χ0) is 31.4. The number of sulfone groups is 1. The van der Waals surface area contributed by atoms with Crippen LogP contribution in [0, 0.1) is 0 Å². The van der Waals surface area contributed by atoms with Crippen molar-refractivity contribution in [3.63, 3.8) is 0 Å². The fourth-order valence-corrected chi connectivity index (χ4v) is 9.35. The van der Waals surface area contributed by atoms with Gasteiger partial charge in [-0.1, -0.05) is 19.8 Å². The van der Waals surface area contributed by atoms with E-state index in [1.165, 1.54) is 51.4 Å². The molecule has 3 aliphatic rings. The molecule has 8 nitrogen and oxygen atoms in total. The van der Waals surface area contributed by atoms with Crippen LogP contribution >= 0.6 is 0 Å². The Bertz CT molecular complexity index is 1530. The highest BCUT2D eigenvalue weighted by Crippen LogP contribution is 2.39. The molecule has 1 aromatic heterocycles. The summed E-state index contributed by atoms with van der Waals surface area (Å²) in [6.45, 7) is 9.06. The number of anilines is 1. The Balaban J connectivity index is 1.24. The average molecular weight is 653 g/mol. The van der Waals surface area contributed by atoms with Crippen LogP contribution in [-0.4, -0.2) is 92.0 Å². The van der Waals surface area contributed by atoms with Crippen LogP contribution in [0.3, 0.4) is 0 Å². The number of hydrogen-bond donors (Lipinski definition) is 0. The van der Waals surface area contributed by atoms with Crippen LogP contribution in [0.2, 0.25) is 0 Å². The van der Waals surface area contributed by atoms with Crippen LogP contribution < -0.4 is 9.64 Å². The summed E-state index contributed by atoms with van der Waals surface area (Å²) >= 11 is -1.20. The van der Waals surface area contributed by atoms with Gasteiger partial charge in [-0.3, -0.25) is 4.98 Å². The summed E-state index contributed by atoms with van der Waals surface area (Å²) in [5.41, 5.74) is 1.39. The van der Waals surface area contributed by atoms with E-state index in [2.05, 4.69) is 26.6 Å². The lowest BCUT2D eigenvalue weighted by Gasteiger charge is -2.45. The molecule has 0 bridgehead atoms. The first kappa shape index (κ1) is 32.6. The molecule has 0 N–H and O–H groups in total. The number of piperidine rings is 3. The Hall–Kier alpha value is -2.37. The first-order valence-electron chi connectivity index (χ1n) is 16.8. The molecule has 3 aromatic rings. The lowest BCUT2D eigenvalue weighted by Crippen LogP contribution is -2.52. The molecule has 4 heterocycles.